The highest BCUT2D eigenvalue weighted by Gasteiger charge is 2.19. The van der Waals surface area contributed by atoms with Gasteiger partial charge in [0.25, 0.3) is 0 Å². The first-order valence-electron chi connectivity index (χ1n) is 4.72. The van der Waals surface area contributed by atoms with Crippen LogP contribution in [0, 0.1) is 0 Å². The molecule has 1 aliphatic heterocycles. The van der Waals surface area contributed by atoms with Gasteiger partial charge in [0, 0.05) is 13.1 Å². The van der Waals surface area contributed by atoms with Crippen LogP contribution in [0.25, 0.3) is 0 Å². The lowest BCUT2D eigenvalue weighted by Gasteiger charge is -2.29. The van der Waals surface area contributed by atoms with Gasteiger partial charge >= 0.3 is 0 Å². The molecule has 1 fully saturated rings. The van der Waals surface area contributed by atoms with Gasteiger partial charge < -0.3 is 0 Å². The molecule has 0 aromatic carbocycles. The highest BCUT2D eigenvalue weighted by atomic mass is 19.1. The molecule has 0 bridgehead atoms. The van der Waals surface area contributed by atoms with Crippen molar-refractivity contribution < 1.29 is 4.39 Å². The Hall–Kier alpha value is -0.110. The molecule has 0 amide bonds. The van der Waals surface area contributed by atoms with Crippen molar-refractivity contribution in [2.75, 3.05) is 13.1 Å². The van der Waals surface area contributed by atoms with E-state index in [1.165, 1.54) is 12.8 Å². The molecule has 1 unspecified atom stereocenters. The molecule has 0 aromatic heterocycles. The summed E-state index contributed by atoms with van der Waals surface area (Å²) < 4.78 is 13.1. The second-order valence-electron chi connectivity index (χ2n) is 3.32. The summed E-state index contributed by atoms with van der Waals surface area (Å²) >= 11 is 0. The summed E-state index contributed by atoms with van der Waals surface area (Å²) in [6.07, 6.45) is 4.68. The second kappa shape index (κ2) is 4.70. The molecule has 1 atom stereocenters. The van der Waals surface area contributed by atoms with Gasteiger partial charge in [-0.1, -0.05) is 13.3 Å². The lowest BCUT2D eigenvalue weighted by atomic mass is 10.1. The number of piperidine rings is 1. The van der Waals surface area contributed by atoms with Crippen LogP contribution in [0.3, 0.4) is 0 Å². The van der Waals surface area contributed by atoms with Gasteiger partial charge in [0.05, 0.1) is 0 Å². The molecule has 1 aliphatic rings. The van der Waals surface area contributed by atoms with Crippen LogP contribution in [0.15, 0.2) is 0 Å². The summed E-state index contributed by atoms with van der Waals surface area (Å²) in [4.78, 5) is 1.98. The smallest absolute Gasteiger partial charge is 0.153 e. The molecule has 0 saturated carbocycles. The van der Waals surface area contributed by atoms with Crippen molar-refractivity contribution in [3.05, 3.63) is 0 Å². The second-order valence-corrected chi connectivity index (χ2v) is 3.32. The van der Waals surface area contributed by atoms with E-state index in [9.17, 15) is 4.39 Å². The van der Waals surface area contributed by atoms with E-state index in [0.717, 1.165) is 32.4 Å². The highest BCUT2D eigenvalue weighted by molar-refractivity contribution is 4.68. The molecule has 0 N–H and O–H groups in total. The Labute approximate surface area is 68.6 Å². The van der Waals surface area contributed by atoms with Crippen molar-refractivity contribution in [3.8, 4) is 0 Å². The van der Waals surface area contributed by atoms with Crippen molar-refractivity contribution >= 4 is 0 Å². The molecule has 66 valence electrons. The van der Waals surface area contributed by atoms with E-state index in [0.29, 0.717) is 0 Å². The number of nitrogens with zero attached hydrogens (tertiary/aromatic N) is 1. The minimum absolute atomic E-state index is 0.643. The minimum atomic E-state index is -0.643. The van der Waals surface area contributed by atoms with Crippen LogP contribution in [0.4, 0.5) is 4.39 Å². The zero-order chi connectivity index (χ0) is 8.10. The van der Waals surface area contributed by atoms with E-state index in [2.05, 4.69) is 6.92 Å². The maximum absolute atomic E-state index is 13.1. The monoisotopic (exact) mass is 159 g/mol. The number of hydrogen-bond acceptors (Lipinski definition) is 1. The van der Waals surface area contributed by atoms with Crippen molar-refractivity contribution in [3.63, 3.8) is 0 Å². The van der Waals surface area contributed by atoms with Crippen LogP contribution in [0.2, 0.25) is 0 Å². The van der Waals surface area contributed by atoms with Crippen LogP contribution < -0.4 is 0 Å². The van der Waals surface area contributed by atoms with E-state index >= 15 is 0 Å². The largest absolute Gasteiger partial charge is 0.274 e. The Balaban J connectivity index is 2.18. The highest BCUT2D eigenvalue weighted by Crippen LogP contribution is 2.17. The molecule has 0 aliphatic carbocycles. The Bertz CT molecular complexity index is 106. The number of unbranched alkanes of at least 4 members (excludes halogenated alkanes) is 1. The van der Waals surface area contributed by atoms with E-state index in [-0.39, 0.29) is 0 Å². The van der Waals surface area contributed by atoms with Crippen LogP contribution >= 0.6 is 0 Å². The Morgan fingerprint density at radius 1 is 1.45 bits per heavy atom. The average molecular weight is 159 g/mol. The molecule has 2 heteroatoms. The van der Waals surface area contributed by atoms with Crippen LogP contribution in [0.5, 0.6) is 0 Å². The van der Waals surface area contributed by atoms with E-state index in [1.54, 1.807) is 0 Å². The first kappa shape index (κ1) is 8.98. The third-order valence-electron chi connectivity index (χ3n) is 2.33. The standard InChI is InChI=1S/C9H18FN/c1-2-3-7-11-8-5-4-6-9(11)10/h9H,2-8H2,1H3. The minimum Gasteiger partial charge on any atom is -0.274 e. The van der Waals surface area contributed by atoms with E-state index in [4.69, 9.17) is 0 Å². The Morgan fingerprint density at radius 3 is 2.91 bits per heavy atom. The normalized spacial score (nSPS) is 27.3. The summed E-state index contributed by atoms with van der Waals surface area (Å²) in [5, 5.41) is 0. The third-order valence-corrected chi connectivity index (χ3v) is 2.33. The summed E-state index contributed by atoms with van der Waals surface area (Å²) in [6, 6.07) is 0. The molecule has 0 aromatic rings. The number of hydrogen-bond donors (Lipinski definition) is 0. The van der Waals surface area contributed by atoms with Crippen molar-refractivity contribution in [2.24, 2.45) is 0 Å². The number of likely N-dealkylation sites (tertiary alicyclic amines) is 1. The Morgan fingerprint density at radius 2 is 2.27 bits per heavy atom. The zero-order valence-electron chi connectivity index (χ0n) is 7.35. The molecule has 11 heavy (non-hydrogen) atoms. The quantitative estimate of drug-likeness (QED) is 0.572. The number of alkyl halides is 1. The maximum atomic E-state index is 13.1. The van der Waals surface area contributed by atoms with Crippen molar-refractivity contribution in [1.82, 2.24) is 4.90 Å². The van der Waals surface area contributed by atoms with Crippen LogP contribution in [-0.2, 0) is 0 Å². The van der Waals surface area contributed by atoms with E-state index in [1.807, 2.05) is 4.90 Å². The van der Waals surface area contributed by atoms with Crippen molar-refractivity contribution in [2.45, 2.75) is 45.3 Å². The number of halogens is 1. The predicted octanol–water partition coefficient (Wildman–Crippen LogP) is 2.57. The zero-order valence-corrected chi connectivity index (χ0v) is 7.35. The van der Waals surface area contributed by atoms with Crippen molar-refractivity contribution in [1.29, 1.82) is 0 Å². The van der Waals surface area contributed by atoms with Gasteiger partial charge in [0.1, 0.15) is 0 Å². The van der Waals surface area contributed by atoms with Gasteiger partial charge in [0.2, 0.25) is 0 Å². The van der Waals surface area contributed by atoms with Gasteiger partial charge in [0.15, 0.2) is 6.30 Å². The predicted molar refractivity (Wildman–Crippen MR) is 45.2 cm³/mol. The molecule has 1 rings (SSSR count). The lowest BCUT2D eigenvalue weighted by Crippen LogP contribution is -2.37. The fourth-order valence-electron chi connectivity index (χ4n) is 1.56. The molecular weight excluding hydrogens is 141 g/mol. The fraction of sp³-hybridized carbons (Fsp3) is 1.00. The van der Waals surface area contributed by atoms with Crippen LogP contribution in [-0.4, -0.2) is 24.3 Å². The fourth-order valence-corrected chi connectivity index (χ4v) is 1.56. The van der Waals surface area contributed by atoms with Gasteiger partial charge in [-0.05, 0) is 25.7 Å². The van der Waals surface area contributed by atoms with Gasteiger partial charge in [-0.2, -0.15) is 0 Å². The van der Waals surface area contributed by atoms with Gasteiger partial charge in [-0.25, -0.2) is 4.39 Å². The Kier molecular flexibility index (Phi) is 3.84. The summed E-state index contributed by atoms with van der Waals surface area (Å²) in [7, 11) is 0. The third kappa shape index (κ3) is 2.78. The number of rotatable bonds is 3. The molecule has 0 spiro atoms. The van der Waals surface area contributed by atoms with Gasteiger partial charge in [-0.3, -0.25) is 4.90 Å². The average Bonchev–Trinajstić information content (AvgIpc) is 2.03. The summed E-state index contributed by atoms with van der Waals surface area (Å²) in [6.45, 7) is 4.08. The topological polar surface area (TPSA) is 3.24 Å². The molecule has 1 saturated heterocycles. The summed E-state index contributed by atoms with van der Waals surface area (Å²) in [5.41, 5.74) is 0. The molecule has 0 radical (unpaired) electrons. The SMILES string of the molecule is CCCCN1CCCCC1F. The maximum Gasteiger partial charge on any atom is 0.153 e. The molecular formula is C9H18FN. The van der Waals surface area contributed by atoms with E-state index < -0.39 is 6.30 Å². The van der Waals surface area contributed by atoms with Crippen LogP contribution in [0.1, 0.15) is 39.0 Å². The molecule has 1 heterocycles. The summed E-state index contributed by atoms with van der Waals surface area (Å²) in [5.74, 6) is 0. The molecule has 1 nitrogen and oxygen atoms in total. The first-order chi connectivity index (χ1) is 5.34. The lowest BCUT2D eigenvalue weighted by molar-refractivity contribution is 0.0457. The first-order valence-corrected chi connectivity index (χ1v) is 4.72. The van der Waals surface area contributed by atoms with Gasteiger partial charge in [-0.15, -0.1) is 0 Å².